The Balaban J connectivity index is 1.99. The Labute approximate surface area is 91.1 Å². The lowest BCUT2D eigenvalue weighted by Crippen LogP contribution is -1.96. The largest absolute Gasteiger partial charge is 0.388 e. The number of hydrogen-bond donors (Lipinski definition) is 1. The Morgan fingerprint density at radius 3 is 2.53 bits per heavy atom. The summed E-state index contributed by atoms with van der Waals surface area (Å²) in [4.78, 5) is 0. The number of aliphatic hydroxyl groups is 1. The Morgan fingerprint density at radius 2 is 2.00 bits per heavy atom. The molecular formula is C14H16O. The summed E-state index contributed by atoms with van der Waals surface area (Å²) in [6, 6.07) is 8.31. The molecule has 1 aliphatic rings. The summed E-state index contributed by atoms with van der Waals surface area (Å²) in [5, 5.41) is 9.80. The van der Waals surface area contributed by atoms with Gasteiger partial charge in [-0.1, -0.05) is 24.3 Å². The van der Waals surface area contributed by atoms with E-state index >= 15 is 0 Å². The van der Waals surface area contributed by atoms with Gasteiger partial charge in [0.15, 0.2) is 0 Å². The molecule has 2 rings (SSSR count). The van der Waals surface area contributed by atoms with Crippen molar-refractivity contribution in [3.8, 4) is 12.3 Å². The van der Waals surface area contributed by atoms with Crippen LogP contribution in [0.25, 0.3) is 0 Å². The van der Waals surface area contributed by atoms with Gasteiger partial charge in [0, 0.05) is 6.42 Å². The second-order valence-electron chi connectivity index (χ2n) is 4.20. The lowest BCUT2D eigenvalue weighted by Gasteiger charge is -2.09. The predicted octanol–water partition coefficient (Wildman–Crippen LogP) is 3.01. The fraction of sp³-hybridized carbons (Fsp3) is 0.429. The molecule has 1 aromatic rings. The Hall–Kier alpha value is -1.26. The fourth-order valence-electron chi connectivity index (χ4n) is 1.79. The monoisotopic (exact) mass is 200 g/mol. The van der Waals surface area contributed by atoms with Gasteiger partial charge in [-0.2, -0.15) is 0 Å². The summed E-state index contributed by atoms with van der Waals surface area (Å²) in [6.07, 6.45) is 8.68. The molecule has 0 spiro atoms. The van der Waals surface area contributed by atoms with Crippen LogP contribution in [0.2, 0.25) is 0 Å². The second kappa shape index (κ2) is 4.51. The van der Waals surface area contributed by atoms with Crippen molar-refractivity contribution in [2.45, 2.75) is 37.7 Å². The van der Waals surface area contributed by atoms with E-state index in [1.54, 1.807) is 0 Å². The molecule has 0 radical (unpaired) electrons. The van der Waals surface area contributed by atoms with Crippen molar-refractivity contribution < 1.29 is 5.11 Å². The Morgan fingerprint density at radius 1 is 1.33 bits per heavy atom. The van der Waals surface area contributed by atoms with Crippen molar-refractivity contribution in [2.24, 2.45) is 0 Å². The van der Waals surface area contributed by atoms with Gasteiger partial charge in [-0.3, -0.25) is 0 Å². The minimum absolute atomic E-state index is 0.408. The normalized spacial score (nSPS) is 17.1. The topological polar surface area (TPSA) is 20.2 Å². The van der Waals surface area contributed by atoms with Gasteiger partial charge in [-0.15, -0.1) is 12.3 Å². The van der Waals surface area contributed by atoms with Crippen LogP contribution in [0.4, 0.5) is 0 Å². The first-order valence-electron chi connectivity index (χ1n) is 5.52. The maximum atomic E-state index is 9.80. The van der Waals surface area contributed by atoms with E-state index in [0.29, 0.717) is 12.8 Å². The molecule has 1 saturated carbocycles. The molecule has 1 heteroatoms. The zero-order valence-corrected chi connectivity index (χ0v) is 8.82. The number of aliphatic hydroxyl groups excluding tert-OH is 1. The second-order valence-corrected chi connectivity index (χ2v) is 4.20. The number of terminal acetylenes is 1. The fourth-order valence-corrected chi connectivity index (χ4v) is 1.79. The van der Waals surface area contributed by atoms with Crippen LogP contribution in [0, 0.1) is 12.3 Å². The van der Waals surface area contributed by atoms with Crippen LogP contribution < -0.4 is 0 Å². The first kappa shape index (κ1) is 10.3. The van der Waals surface area contributed by atoms with Gasteiger partial charge < -0.3 is 5.11 Å². The van der Waals surface area contributed by atoms with E-state index in [2.05, 4.69) is 18.1 Å². The summed E-state index contributed by atoms with van der Waals surface area (Å²) in [5.41, 5.74) is 2.39. The maximum absolute atomic E-state index is 9.80. The first-order chi connectivity index (χ1) is 7.31. The minimum atomic E-state index is -0.408. The van der Waals surface area contributed by atoms with E-state index in [4.69, 9.17) is 6.42 Å². The summed E-state index contributed by atoms with van der Waals surface area (Å²) in [7, 11) is 0. The van der Waals surface area contributed by atoms with Crippen LogP contribution in [-0.2, 0) is 0 Å². The van der Waals surface area contributed by atoms with Gasteiger partial charge in [-0.05, 0) is 36.3 Å². The highest BCUT2D eigenvalue weighted by atomic mass is 16.3. The first-order valence-corrected chi connectivity index (χ1v) is 5.52. The van der Waals surface area contributed by atoms with Crippen molar-refractivity contribution in [3.63, 3.8) is 0 Å². The predicted molar refractivity (Wildman–Crippen MR) is 61.4 cm³/mol. The van der Waals surface area contributed by atoms with Crippen LogP contribution in [0.1, 0.15) is 48.8 Å². The standard InChI is InChI=1S/C14H16O/c1-2-3-4-14(15)13-9-7-12(8-10-13)11-5-6-11/h1,7-11,14-15H,3-6H2. The van der Waals surface area contributed by atoms with Crippen LogP contribution in [-0.4, -0.2) is 5.11 Å². The molecular weight excluding hydrogens is 184 g/mol. The Kier molecular flexibility index (Phi) is 3.08. The van der Waals surface area contributed by atoms with Crippen LogP contribution >= 0.6 is 0 Å². The molecule has 1 nitrogen and oxygen atoms in total. The van der Waals surface area contributed by atoms with E-state index in [0.717, 1.165) is 11.5 Å². The average molecular weight is 200 g/mol. The summed E-state index contributed by atoms with van der Waals surface area (Å²) < 4.78 is 0. The molecule has 1 aliphatic carbocycles. The van der Waals surface area contributed by atoms with Crippen molar-refractivity contribution in [2.75, 3.05) is 0 Å². The van der Waals surface area contributed by atoms with E-state index in [1.807, 2.05) is 12.1 Å². The van der Waals surface area contributed by atoms with Crippen molar-refractivity contribution in [1.29, 1.82) is 0 Å². The van der Waals surface area contributed by atoms with Crippen molar-refractivity contribution in [3.05, 3.63) is 35.4 Å². The smallest absolute Gasteiger partial charge is 0.0799 e. The van der Waals surface area contributed by atoms with Gasteiger partial charge in [0.25, 0.3) is 0 Å². The molecule has 0 amide bonds. The Bertz CT molecular complexity index is 354. The highest BCUT2D eigenvalue weighted by Crippen LogP contribution is 2.40. The third-order valence-electron chi connectivity index (χ3n) is 2.93. The molecule has 0 aliphatic heterocycles. The third kappa shape index (κ3) is 2.61. The van der Waals surface area contributed by atoms with E-state index < -0.39 is 6.10 Å². The van der Waals surface area contributed by atoms with Crippen LogP contribution in [0.3, 0.4) is 0 Å². The quantitative estimate of drug-likeness (QED) is 0.741. The molecule has 1 N–H and O–H groups in total. The molecule has 0 bridgehead atoms. The highest BCUT2D eigenvalue weighted by Gasteiger charge is 2.23. The molecule has 1 atom stereocenters. The van der Waals surface area contributed by atoms with E-state index in [1.165, 1.54) is 18.4 Å². The van der Waals surface area contributed by atoms with Gasteiger partial charge >= 0.3 is 0 Å². The lowest BCUT2D eigenvalue weighted by atomic mass is 10.0. The SMILES string of the molecule is C#CCCC(O)c1ccc(C2CC2)cc1. The average Bonchev–Trinajstić information content (AvgIpc) is 3.10. The molecule has 0 aromatic heterocycles. The molecule has 0 saturated heterocycles. The summed E-state index contributed by atoms with van der Waals surface area (Å²) in [5.74, 6) is 3.33. The van der Waals surface area contributed by atoms with Crippen molar-refractivity contribution >= 4 is 0 Å². The van der Waals surface area contributed by atoms with Gasteiger partial charge in [0.1, 0.15) is 0 Å². The number of hydrogen-bond acceptors (Lipinski definition) is 1. The molecule has 15 heavy (non-hydrogen) atoms. The third-order valence-corrected chi connectivity index (χ3v) is 2.93. The van der Waals surface area contributed by atoms with E-state index in [-0.39, 0.29) is 0 Å². The minimum Gasteiger partial charge on any atom is -0.388 e. The van der Waals surface area contributed by atoms with E-state index in [9.17, 15) is 5.11 Å². The zero-order chi connectivity index (χ0) is 10.7. The lowest BCUT2D eigenvalue weighted by molar-refractivity contribution is 0.169. The van der Waals surface area contributed by atoms with Crippen molar-refractivity contribution in [1.82, 2.24) is 0 Å². The number of benzene rings is 1. The summed E-state index contributed by atoms with van der Waals surface area (Å²) >= 11 is 0. The molecule has 1 fully saturated rings. The van der Waals surface area contributed by atoms with Crippen LogP contribution in [0.5, 0.6) is 0 Å². The zero-order valence-electron chi connectivity index (χ0n) is 8.82. The van der Waals surface area contributed by atoms with Gasteiger partial charge in [0.2, 0.25) is 0 Å². The molecule has 1 unspecified atom stereocenters. The molecule has 78 valence electrons. The molecule has 1 aromatic carbocycles. The molecule has 0 heterocycles. The summed E-state index contributed by atoms with van der Waals surface area (Å²) in [6.45, 7) is 0. The van der Waals surface area contributed by atoms with Crippen LogP contribution in [0.15, 0.2) is 24.3 Å². The van der Waals surface area contributed by atoms with Gasteiger partial charge in [0.05, 0.1) is 6.10 Å². The van der Waals surface area contributed by atoms with Gasteiger partial charge in [-0.25, -0.2) is 0 Å². The highest BCUT2D eigenvalue weighted by molar-refractivity contribution is 5.29. The maximum Gasteiger partial charge on any atom is 0.0799 e. The number of rotatable bonds is 4.